The summed E-state index contributed by atoms with van der Waals surface area (Å²) in [5.41, 5.74) is 0. The van der Waals surface area contributed by atoms with Crippen LogP contribution >= 0.6 is 0 Å². The van der Waals surface area contributed by atoms with Crippen LogP contribution in [0.3, 0.4) is 0 Å². The molecule has 0 N–H and O–H groups in total. The molecule has 1 atom stereocenters. The molecule has 0 aromatic heterocycles. The summed E-state index contributed by atoms with van der Waals surface area (Å²) in [4.78, 5) is 26.0. The normalized spacial score (nSPS) is 28.6. The third-order valence-corrected chi connectivity index (χ3v) is 5.63. The fourth-order valence-electron chi connectivity index (χ4n) is 3.37. The van der Waals surface area contributed by atoms with Crippen molar-refractivity contribution < 1.29 is 27.5 Å². The van der Waals surface area contributed by atoms with Crippen molar-refractivity contribution in [2.24, 2.45) is 0 Å². The third kappa shape index (κ3) is 2.72. The van der Waals surface area contributed by atoms with Crippen molar-refractivity contribution in [2.45, 2.75) is 37.5 Å². The first-order chi connectivity index (χ1) is 10.3. The number of piperidine rings is 1. The highest BCUT2D eigenvalue weighted by atomic mass is 32.2. The van der Waals surface area contributed by atoms with E-state index in [-0.39, 0.29) is 18.7 Å². The molecule has 9 heteroatoms. The molecular formula is C13H20N2O6S. The van der Waals surface area contributed by atoms with Gasteiger partial charge in [0.1, 0.15) is 6.04 Å². The van der Waals surface area contributed by atoms with E-state index in [1.54, 1.807) is 4.90 Å². The molecule has 3 aliphatic heterocycles. The quantitative estimate of drug-likeness (QED) is 0.664. The fourth-order valence-corrected chi connectivity index (χ4v) is 4.48. The second-order valence-corrected chi connectivity index (χ2v) is 7.80. The van der Waals surface area contributed by atoms with Crippen molar-refractivity contribution in [2.75, 3.05) is 32.6 Å². The number of ether oxygens (including phenoxy) is 2. The molecule has 0 aromatic rings. The lowest BCUT2D eigenvalue weighted by molar-refractivity contribution is -0.188. The molecular weight excluding hydrogens is 312 g/mol. The Labute approximate surface area is 129 Å². The number of sulfonamides is 1. The second-order valence-electron chi connectivity index (χ2n) is 5.94. The first-order valence-electron chi connectivity index (χ1n) is 7.41. The van der Waals surface area contributed by atoms with Crippen LogP contribution in [-0.2, 0) is 29.1 Å². The van der Waals surface area contributed by atoms with Crippen molar-refractivity contribution in [3.8, 4) is 0 Å². The maximum atomic E-state index is 12.6. The van der Waals surface area contributed by atoms with Crippen LogP contribution in [-0.4, -0.2) is 73.8 Å². The van der Waals surface area contributed by atoms with E-state index in [0.717, 1.165) is 10.6 Å². The van der Waals surface area contributed by atoms with Gasteiger partial charge in [0.2, 0.25) is 21.8 Å². The Balaban J connectivity index is 1.68. The zero-order valence-corrected chi connectivity index (χ0v) is 13.3. The largest absolute Gasteiger partial charge is 0.347 e. The van der Waals surface area contributed by atoms with Gasteiger partial charge in [0, 0.05) is 32.4 Å². The van der Waals surface area contributed by atoms with Crippen molar-refractivity contribution in [1.29, 1.82) is 0 Å². The van der Waals surface area contributed by atoms with E-state index >= 15 is 0 Å². The van der Waals surface area contributed by atoms with Crippen LogP contribution in [0, 0.1) is 0 Å². The van der Waals surface area contributed by atoms with Gasteiger partial charge in [-0.05, 0) is 6.42 Å². The van der Waals surface area contributed by atoms with Gasteiger partial charge in [0.05, 0.1) is 19.5 Å². The Morgan fingerprint density at radius 3 is 2.36 bits per heavy atom. The number of nitrogens with zero attached hydrogens (tertiary/aromatic N) is 2. The lowest BCUT2D eigenvalue weighted by atomic mass is 10.0. The van der Waals surface area contributed by atoms with E-state index in [1.165, 1.54) is 0 Å². The number of carbonyl (C=O) groups is 2. The van der Waals surface area contributed by atoms with Crippen LogP contribution in [0.1, 0.15) is 25.7 Å². The molecule has 0 saturated carbocycles. The van der Waals surface area contributed by atoms with Gasteiger partial charge in [-0.1, -0.05) is 0 Å². The Kier molecular flexibility index (Phi) is 3.90. The molecule has 3 heterocycles. The predicted molar refractivity (Wildman–Crippen MR) is 75.2 cm³/mol. The summed E-state index contributed by atoms with van der Waals surface area (Å²) < 4.78 is 35.4. The maximum Gasteiger partial charge on any atom is 0.246 e. The molecule has 1 spiro atoms. The van der Waals surface area contributed by atoms with Crippen molar-refractivity contribution in [3.05, 3.63) is 0 Å². The van der Waals surface area contributed by atoms with Gasteiger partial charge < -0.3 is 14.4 Å². The summed E-state index contributed by atoms with van der Waals surface area (Å²) in [6.45, 7) is 2.02. The van der Waals surface area contributed by atoms with Crippen molar-refractivity contribution >= 4 is 21.8 Å². The fraction of sp³-hybridized carbons (Fsp3) is 0.846. The molecule has 3 aliphatic rings. The number of hydrogen-bond acceptors (Lipinski definition) is 6. The average Bonchev–Trinajstić information content (AvgIpc) is 3.05. The minimum absolute atomic E-state index is 0.0908. The molecule has 0 radical (unpaired) electrons. The van der Waals surface area contributed by atoms with Crippen LogP contribution in [0.25, 0.3) is 0 Å². The first-order valence-corrected chi connectivity index (χ1v) is 9.26. The molecule has 0 aromatic carbocycles. The summed E-state index contributed by atoms with van der Waals surface area (Å²) in [5.74, 6) is -1.39. The topological polar surface area (TPSA) is 93.2 Å². The van der Waals surface area contributed by atoms with Gasteiger partial charge in [-0.2, -0.15) is 0 Å². The molecule has 8 nitrogen and oxygen atoms in total. The zero-order chi connectivity index (χ0) is 16.0. The molecule has 3 saturated heterocycles. The molecule has 0 bridgehead atoms. The van der Waals surface area contributed by atoms with Gasteiger partial charge >= 0.3 is 0 Å². The van der Waals surface area contributed by atoms with E-state index < -0.39 is 27.8 Å². The predicted octanol–water partition coefficient (Wildman–Crippen LogP) is -0.697. The SMILES string of the molecule is CS(=O)(=O)N1C(=O)CCC1C(=O)N1CCC2(CC1)OCCO2. The molecule has 22 heavy (non-hydrogen) atoms. The molecule has 0 aliphatic carbocycles. The van der Waals surface area contributed by atoms with Crippen LogP contribution in [0.5, 0.6) is 0 Å². The highest BCUT2D eigenvalue weighted by molar-refractivity contribution is 7.89. The molecule has 2 amide bonds. The van der Waals surface area contributed by atoms with Gasteiger partial charge in [-0.25, -0.2) is 12.7 Å². The van der Waals surface area contributed by atoms with Crippen molar-refractivity contribution in [3.63, 3.8) is 0 Å². The zero-order valence-electron chi connectivity index (χ0n) is 12.5. The maximum absolute atomic E-state index is 12.6. The highest BCUT2D eigenvalue weighted by Crippen LogP contribution is 2.32. The summed E-state index contributed by atoms with van der Waals surface area (Å²) >= 11 is 0. The Morgan fingerprint density at radius 2 is 1.82 bits per heavy atom. The standard InChI is InChI=1S/C13H20N2O6S/c1-22(18,19)15-10(2-3-11(15)16)12(17)14-6-4-13(5-7-14)20-8-9-21-13/h10H,2-9H2,1H3. The molecule has 3 rings (SSSR count). The molecule has 1 unspecified atom stereocenters. The number of amides is 2. The van der Waals surface area contributed by atoms with Crippen LogP contribution in [0.15, 0.2) is 0 Å². The summed E-state index contributed by atoms with van der Waals surface area (Å²) in [5, 5.41) is 0. The summed E-state index contributed by atoms with van der Waals surface area (Å²) in [7, 11) is -3.72. The van der Waals surface area contributed by atoms with Gasteiger partial charge in [-0.15, -0.1) is 0 Å². The average molecular weight is 332 g/mol. The van der Waals surface area contributed by atoms with E-state index in [1.807, 2.05) is 0 Å². The highest BCUT2D eigenvalue weighted by Gasteiger charge is 2.46. The number of rotatable bonds is 2. The van der Waals surface area contributed by atoms with E-state index in [2.05, 4.69) is 0 Å². The summed E-state index contributed by atoms with van der Waals surface area (Å²) in [6, 6.07) is -0.901. The van der Waals surface area contributed by atoms with E-state index in [0.29, 0.717) is 39.1 Å². The van der Waals surface area contributed by atoms with Crippen LogP contribution in [0.2, 0.25) is 0 Å². The van der Waals surface area contributed by atoms with Gasteiger partial charge in [0.25, 0.3) is 0 Å². The Bertz CT molecular complexity index is 573. The Hall–Kier alpha value is -1.19. The van der Waals surface area contributed by atoms with Gasteiger partial charge in [0.15, 0.2) is 5.79 Å². The third-order valence-electron chi connectivity index (χ3n) is 4.45. The molecule has 124 valence electrons. The van der Waals surface area contributed by atoms with Crippen molar-refractivity contribution in [1.82, 2.24) is 9.21 Å². The lowest BCUT2D eigenvalue weighted by Crippen LogP contribution is -2.53. The number of carbonyl (C=O) groups excluding carboxylic acids is 2. The minimum atomic E-state index is -3.72. The number of hydrogen-bond donors (Lipinski definition) is 0. The second kappa shape index (κ2) is 5.47. The minimum Gasteiger partial charge on any atom is -0.347 e. The first kappa shape index (κ1) is 15.7. The van der Waals surface area contributed by atoms with Crippen LogP contribution < -0.4 is 0 Å². The van der Waals surface area contributed by atoms with Crippen LogP contribution in [0.4, 0.5) is 0 Å². The van der Waals surface area contributed by atoms with Gasteiger partial charge in [-0.3, -0.25) is 9.59 Å². The lowest BCUT2D eigenvalue weighted by Gasteiger charge is -2.39. The van der Waals surface area contributed by atoms with E-state index in [4.69, 9.17) is 9.47 Å². The smallest absolute Gasteiger partial charge is 0.246 e. The molecule has 3 fully saturated rings. The van der Waals surface area contributed by atoms with E-state index in [9.17, 15) is 18.0 Å². The Morgan fingerprint density at radius 1 is 1.23 bits per heavy atom. The number of likely N-dealkylation sites (tertiary alicyclic amines) is 1. The summed E-state index contributed by atoms with van der Waals surface area (Å²) in [6.07, 6.45) is 2.44. The monoisotopic (exact) mass is 332 g/mol.